The number of alkyl halides is 1. The van der Waals surface area contributed by atoms with E-state index in [4.69, 9.17) is 5.11 Å². The maximum Gasteiger partial charge on any atom is 0.117 e. The average Bonchev–Trinajstić information content (AvgIpc) is 2.31. The Hall–Kier alpha value is -0.650. The van der Waals surface area contributed by atoms with E-state index in [0.717, 1.165) is 27.3 Å². The molecular weight excluding hydrogens is 350 g/mol. The number of rotatable bonds is 2. The van der Waals surface area contributed by atoms with Crippen molar-refractivity contribution in [3.63, 3.8) is 0 Å². The zero-order valence-electron chi connectivity index (χ0n) is 9.36. The van der Waals surface area contributed by atoms with E-state index in [0.29, 0.717) is 0 Å². The van der Waals surface area contributed by atoms with Crippen molar-refractivity contribution >= 4 is 42.8 Å². The smallest absolute Gasteiger partial charge is 0.117 e. The quantitative estimate of drug-likeness (QED) is 0.827. The molecule has 92 valence electrons. The van der Waals surface area contributed by atoms with Gasteiger partial charge in [-0.1, -0.05) is 31.9 Å². The van der Waals surface area contributed by atoms with Crippen LogP contribution in [0.5, 0.6) is 5.75 Å². The van der Waals surface area contributed by atoms with Gasteiger partial charge in [-0.25, -0.2) is 0 Å². The van der Waals surface area contributed by atoms with Crippen LogP contribution in [-0.2, 0) is 4.74 Å². The fourth-order valence-corrected chi connectivity index (χ4v) is 1.96. The van der Waals surface area contributed by atoms with Crippen molar-refractivity contribution in [1.29, 1.82) is 0 Å². The third-order valence-corrected chi connectivity index (χ3v) is 2.97. The Balaban J connectivity index is 0.000000249. The van der Waals surface area contributed by atoms with Crippen LogP contribution >= 0.6 is 31.9 Å². The SMILES string of the molecule is COCCBr.Oc1ccc2c(Br)ccnc2c1. The predicted octanol–water partition coefficient (Wildman–Crippen LogP) is 3.73. The second-order valence-electron chi connectivity index (χ2n) is 3.18. The number of phenolic OH excluding ortho intramolecular Hbond substituents is 1. The molecule has 0 fully saturated rings. The second kappa shape index (κ2) is 7.63. The molecule has 0 saturated carbocycles. The molecule has 2 aromatic rings. The molecule has 0 aliphatic rings. The van der Waals surface area contributed by atoms with Crippen LogP contribution < -0.4 is 0 Å². The van der Waals surface area contributed by atoms with E-state index in [1.807, 2.05) is 12.1 Å². The Kier molecular flexibility index (Phi) is 6.47. The van der Waals surface area contributed by atoms with E-state index < -0.39 is 0 Å². The first-order valence-electron chi connectivity index (χ1n) is 4.97. The van der Waals surface area contributed by atoms with Crippen LogP contribution in [0.25, 0.3) is 10.9 Å². The number of fused-ring (bicyclic) bond motifs is 1. The lowest BCUT2D eigenvalue weighted by Crippen LogP contribution is -1.85. The van der Waals surface area contributed by atoms with Gasteiger partial charge >= 0.3 is 0 Å². The Labute approximate surface area is 117 Å². The molecular formula is C12H13Br2NO2. The van der Waals surface area contributed by atoms with Crippen LogP contribution in [0.1, 0.15) is 0 Å². The highest BCUT2D eigenvalue weighted by atomic mass is 79.9. The molecule has 3 nitrogen and oxygen atoms in total. The minimum atomic E-state index is 0.244. The highest BCUT2D eigenvalue weighted by Gasteiger charge is 1.98. The lowest BCUT2D eigenvalue weighted by molar-refractivity contribution is 0.219. The van der Waals surface area contributed by atoms with E-state index in [2.05, 4.69) is 41.6 Å². The van der Waals surface area contributed by atoms with Crippen molar-refractivity contribution < 1.29 is 9.84 Å². The number of aromatic nitrogens is 1. The molecule has 17 heavy (non-hydrogen) atoms. The molecule has 0 spiro atoms. The summed E-state index contributed by atoms with van der Waals surface area (Å²) in [7, 11) is 1.68. The second-order valence-corrected chi connectivity index (χ2v) is 4.82. The topological polar surface area (TPSA) is 42.4 Å². The third kappa shape index (κ3) is 4.61. The fraction of sp³-hybridized carbons (Fsp3) is 0.250. The van der Waals surface area contributed by atoms with Gasteiger partial charge in [0.2, 0.25) is 0 Å². The summed E-state index contributed by atoms with van der Waals surface area (Å²) in [5.74, 6) is 0.244. The lowest BCUT2D eigenvalue weighted by atomic mass is 10.2. The number of methoxy groups -OCH3 is 1. The molecule has 1 aromatic heterocycles. The molecule has 0 atom stereocenters. The van der Waals surface area contributed by atoms with Crippen LogP contribution in [-0.4, -0.2) is 29.1 Å². The highest BCUT2D eigenvalue weighted by Crippen LogP contribution is 2.24. The maximum atomic E-state index is 9.17. The van der Waals surface area contributed by atoms with Crippen molar-refractivity contribution in [3.8, 4) is 5.75 Å². The molecule has 0 aliphatic carbocycles. The highest BCUT2D eigenvalue weighted by molar-refractivity contribution is 9.10. The first kappa shape index (κ1) is 14.4. The molecule has 1 aromatic carbocycles. The summed E-state index contributed by atoms with van der Waals surface area (Å²) in [6.07, 6.45) is 1.70. The minimum Gasteiger partial charge on any atom is -0.508 e. The number of halogens is 2. The molecule has 0 bridgehead atoms. The van der Waals surface area contributed by atoms with Crippen LogP contribution in [0, 0.1) is 0 Å². The maximum absolute atomic E-state index is 9.17. The summed E-state index contributed by atoms with van der Waals surface area (Å²) in [5.41, 5.74) is 0.796. The number of nitrogens with zero attached hydrogens (tertiary/aromatic N) is 1. The summed E-state index contributed by atoms with van der Waals surface area (Å²) in [6, 6.07) is 7.00. The van der Waals surface area contributed by atoms with Crippen molar-refractivity contribution in [2.75, 3.05) is 19.0 Å². The van der Waals surface area contributed by atoms with Crippen molar-refractivity contribution in [3.05, 3.63) is 34.9 Å². The number of pyridine rings is 1. The van der Waals surface area contributed by atoms with Crippen molar-refractivity contribution in [2.24, 2.45) is 0 Å². The summed E-state index contributed by atoms with van der Waals surface area (Å²) in [5, 5.41) is 11.1. The van der Waals surface area contributed by atoms with Gasteiger partial charge in [0.15, 0.2) is 0 Å². The Morgan fingerprint density at radius 2 is 2.12 bits per heavy atom. The normalized spacial score (nSPS) is 9.82. The number of hydrogen-bond donors (Lipinski definition) is 1. The molecule has 0 unspecified atom stereocenters. The summed E-state index contributed by atoms with van der Waals surface area (Å²) in [6.45, 7) is 0.806. The van der Waals surface area contributed by atoms with Gasteiger partial charge < -0.3 is 9.84 Å². The lowest BCUT2D eigenvalue weighted by Gasteiger charge is -1.98. The van der Waals surface area contributed by atoms with Crippen molar-refractivity contribution in [2.45, 2.75) is 0 Å². The summed E-state index contributed by atoms with van der Waals surface area (Å²) in [4.78, 5) is 4.11. The van der Waals surface area contributed by atoms with E-state index in [1.165, 1.54) is 0 Å². The molecule has 0 amide bonds. The zero-order chi connectivity index (χ0) is 12.7. The fourth-order valence-electron chi connectivity index (χ4n) is 1.18. The monoisotopic (exact) mass is 361 g/mol. The van der Waals surface area contributed by atoms with E-state index in [-0.39, 0.29) is 5.75 Å². The average molecular weight is 363 g/mol. The standard InChI is InChI=1S/C9H6BrNO.C3H7BrO/c10-8-3-4-11-9-5-6(12)1-2-7(8)9;1-5-3-2-4/h1-5,12H;2-3H2,1H3. The Morgan fingerprint density at radius 3 is 2.71 bits per heavy atom. The molecule has 0 saturated heterocycles. The number of benzene rings is 1. The van der Waals surface area contributed by atoms with Crippen LogP contribution in [0.4, 0.5) is 0 Å². The van der Waals surface area contributed by atoms with Gasteiger partial charge in [-0.3, -0.25) is 4.98 Å². The van der Waals surface area contributed by atoms with Crippen LogP contribution in [0.15, 0.2) is 34.9 Å². The molecule has 1 heterocycles. The number of ether oxygens (including phenoxy) is 1. The summed E-state index contributed by atoms with van der Waals surface area (Å²) >= 11 is 6.58. The summed E-state index contributed by atoms with van der Waals surface area (Å²) < 4.78 is 5.64. The predicted molar refractivity (Wildman–Crippen MR) is 76.8 cm³/mol. The molecule has 0 aliphatic heterocycles. The van der Waals surface area contributed by atoms with Gasteiger partial charge in [0.25, 0.3) is 0 Å². The van der Waals surface area contributed by atoms with Gasteiger partial charge in [-0.15, -0.1) is 0 Å². The van der Waals surface area contributed by atoms with Gasteiger partial charge in [0, 0.05) is 34.6 Å². The minimum absolute atomic E-state index is 0.244. The molecule has 1 N–H and O–H groups in total. The van der Waals surface area contributed by atoms with Crippen molar-refractivity contribution in [1.82, 2.24) is 4.98 Å². The third-order valence-electron chi connectivity index (χ3n) is 1.95. The van der Waals surface area contributed by atoms with Gasteiger partial charge in [-0.2, -0.15) is 0 Å². The van der Waals surface area contributed by atoms with Crippen LogP contribution in [0.2, 0.25) is 0 Å². The van der Waals surface area contributed by atoms with Gasteiger partial charge in [0.1, 0.15) is 5.75 Å². The number of hydrogen-bond acceptors (Lipinski definition) is 3. The van der Waals surface area contributed by atoms with E-state index in [9.17, 15) is 0 Å². The van der Waals surface area contributed by atoms with E-state index >= 15 is 0 Å². The number of aromatic hydroxyl groups is 1. The Bertz CT molecular complexity index is 475. The molecule has 0 radical (unpaired) electrons. The first-order chi connectivity index (χ1) is 8.19. The van der Waals surface area contributed by atoms with Crippen LogP contribution in [0.3, 0.4) is 0 Å². The first-order valence-corrected chi connectivity index (χ1v) is 6.88. The largest absolute Gasteiger partial charge is 0.508 e. The molecule has 5 heteroatoms. The van der Waals surface area contributed by atoms with E-state index in [1.54, 1.807) is 25.4 Å². The molecule has 2 rings (SSSR count). The Morgan fingerprint density at radius 1 is 1.35 bits per heavy atom. The number of phenols is 1. The van der Waals surface area contributed by atoms with Gasteiger partial charge in [-0.05, 0) is 18.2 Å². The zero-order valence-corrected chi connectivity index (χ0v) is 12.5. The van der Waals surface area contributed by atoms with Gasteiger partial charge in [0.05, 0.1) is 12.1 Å².